The van der Waals surface area contributed by atoms with Gasteiger partial charge in [-0.15, -0.1) is 0 Å². The van der Waals surface area contributed by atoms with E-state index in [1.165, 1.54) is 17.5 Å². The number of fused-ring (bicyclic) bond motifs is 1. The fourth-order valence-electron chi connectivity index (χ4n) is 4.03. The lowest BCUT2D eigenvalue weighted by molar-refractivity contribution is -0.140. The zero-order valence-corrected chi connectivity index (χ0v) is 14.1. The number of benzene rings is 1. The second-order valence-electron chi connectivity index (χ2n) is 6.95. The predicted molar refractivity (Wildman–Crippen MR) is 93.3 cm³/mol. The second-order valence-corrected chi connectivity index (χ2v) is 6.95. The summed E-state index contributed by atoms with van der Waals surface area (Å²) < 4.78 is 0. The normalized spacial score (nSPS) is 22.7. The number of nitrogens with one attached hydrogen (secondary N) is 2. The molecule has 1 aromatic rings. The Balaban J connectivity index is 1.53. The van der Waals surface area contributed by atoms with Gasteiger partial charge in [0.2, 0.25) is 0 Å². The molecule has 24 heavy (non-hydrogen) atoms. The minimum atomic E-state index is -0.549. The molecular formula is C19H27N3O2. The summed E-state index contributed by atoms with van der Waals surface area (Å²) in [7, 11) is 0. The van der Waals surface area contributed by atoms with Crippen molar-refractivity contribution in [2.24, 2.45) is 11.7 Å². The van der Waals surface area contributed by atoms with Crippen LogP contribution in [-0.4, -0.2) is 24.4 Å². The number of rotatable bonds is 4. The van der Waals surface area contributed by atoms with E-state index in [0.717, 1.165) is 44.1 Å². The van der Waals surface area contributed by atoms with Gasteiger partial charge >= 0.3 is 11.8 Å². The minimum absolute atomic E-state index is 0.0305. The number of aryl methyl sites for hydroxylation is 1. The van der Waals surface area contributed by atoms with Gasteiger partial charge in [0.05, 0.1) is 0 Å². The topological polar surface area (TPSA) is 84.2 Å². The lowest BCUT2D eigenvalue weighted by Crippen LogP contribution is -2.49. The summed E-state index contributed by atoms with van der Waals surface area (Å²) >= 11 is 0. The van der Waals surface area contributed by atoms with Gasteiger partial charge < -0.3 is 16.4 Å². The molecule has 2 amide bonds. The number of hydrogen-bond acceptors (Lipinski definition) is 3. The summed E-state index contributed by atoms with van der Waals surface area (Å²) in [5, 5.41) is 5.65. The van der Waals surface area contributed by atoms with Crippen LogP contribution in [-0.2, 0) is 29.0 Å². The Labute approximate surface area is 143 Å². The average Bonchev–Trinajstić information content (AvgIpc) is 3.09. The molecule has 1 aromatic carbocycles. The summed E-state index contributed by atoms with van der Waals surface area (Å²) in [6.45, 7) is 0.975. The molecule has 4 N–H and O–H groups in total. The molecule has 2 aliphatic carbocycles. The molecule has 0 aliphatic heterocycles. The maximum atomic E-state index is 12.2. The van der Waals surface area contributed by atoms with Crippen molar-refractivity contribution in [1.29, 1.82) is 0 Å². The number of carbonyl (C=O) groups excluding carboxylic acids is 2. The van der Waals surface area contributed by atoms with Crippen molar-refractivity contribution in [1.82, 2.24) is 10.6 Å². The van der Waals surface area contributed by atoms with Crippen molar-refractivity contribution >= 4 is 11.8 Å². The Morgan fingerprint density at radius 3 is 2.75 bits per heavy atom. The van der Waals surface area contributed by atoms with Crippen LogP contribution in [0.15, 0.2) is 18.2 Å². The van der Waals surface area contributed by atoms with Gasteiger partial charge in [0.25, 0.3) is 0 Å². The van der Waals surface area contributed by atoms with Gasteiger partial charge in [0.15, 0.2) is 0 Å². The Bertz CT molecular complexity index is 615. The summed E-state index contributed by atoms with van der Waals surface area (Å²) in [5.41, 5.74) is 9.62. The van der Waals surface area contributed by atoms with Crippen LogP contribution in [0.3, 0.4) is 0 Å². The molecule has 2 aliphatic rings. The lowest BCUT2D eigenvalue weighted by Gasteiger charge is -2.31. The fraction of sp³-hybridized carbons (Fsp3) is 0.579. The molecule has 0 saturated heterocycles. The van der Waals surface area contributed by atoms with Crippen LogP contribution >= 0.6 is 0 Å². The molecule has 0 spiro atoms. The van der Waals surface area contributed by atoms with Crippen molar-refractivity contribution in [2.45, 2.75) is 57.5 Å². The van der Waals surface area contributed by atoms with E-state index < -0.39 is 11.8 Å². The first kappa shape index (κ1) is 17.0. The van der Waals surface area contributed by atoms with Crippen LogP contribution in [0.1, 0.15) is 48.8 Å². The van der Waals surface area contributed by atoms with Gasteiger partial charge in [-0.2, -0.15) is 0 Å². The third-order valence-corrected chi connectivity index (χ3v) is 5.42. The van der Waals surface area contributed by atoms with Crippen LogP contribution in [0.4, 0.5) is 0 Å². The van der Waals surface area contributed by atoms with Gasteiger partial charge in [0.1, 0.15) is 0 Å². The second kappa shape index (κ2) is 7.79. The molecule has 5 nitrogen and oxygen atoms in total. The molecule has 0 aromatic heterocycles. The van der Waals surface area contributed by atoms with Gasteiger partial charge in [-0.3, -0.25) is 9.59 Å². The smallest absolute Gasteiger partial charge is 0.309 e. The quantitative estimate of drug-likeness (QED) is 0.731. The van der Waals surface area contributed by atoms with Crippen LogP contribution in [0.5, 0.6) is 0 Å². The molecule has 0 radical (unpaired) electrons. The zero-order chi connectivity index (χ0) is 16.9. The van der Waals surface area contributed by atoms with Crippen molar-refractivity contribution in [3.8, 4) is 0 Å². The predicted octanol–water partition coefficient (Wildman–Crippen LogP) is 1.43. The average molecular weight is 329 g/mol. The van der Waals surface area contributed by atoms with E-state index in [9.17, 15) is 9.59 Å². The molecule has 1 saturated carbocycles. The Kier molecular flexibility index (Phi) is 5.51. The highest BCUT2D eigenvalue weighted by Crippen LogP contribution is 2.25. The van der Waals surface area contributed by atoms with Crippen molar-refractivity contribution < 1.29 is 9.59 Å². The Hall–Kier alpha value is -1.88. The van der Waals surface area contributed by atoms with Crippen molar-refractivity contribution in [3.05, 3.63) is 34.9 Å². The molecule has 0 heterocycles. The van der Waals surface area contributed by atoms with Gasteiger partial charge in [-0.1, -0.05) is 31.0 Å². The van der Waals surface area contributed by atoms with Crippen molar-refractivity contribution in [2.75, 3.05) is 6.54 Å². The van der Waals surface area contributed by atoms with E-state index in [1.54, 1.807) is 0 Å². The van der Waals surface area contributed by atoms with E-state index in [0.29, 0.717) is 13.1 Å². The molecule has 130 valence electrons. The monoisotopic (exact) mass is 329 g/mol. The fourth-order valence-corrected chi connectivity index (χ4v) is 4.03. The zero-order valence-electron chi connectivity index (χ0n) is 14.1. The first-order valence-corrected chi connectivity index (χ1v) is 9.07. The number of amides is 2. The summed E-state index contributed by atoms with van der Waals surface area (Å²) in [6, 6.07) is 6.24. The Morgan fingerprint density at radius 2 is 1.92 bits per heavy atom. The highest BCUT2D eigenvalue weighted by molar-refractivity contribution is 6.35. The Morgan fingerprint density at radius 1 is 1.08 bits per heavy atom. The molecule has 3 rings (SSSR count). The van der Waals surface area contributed by atoms with Gasteiger partial charge in [-0.25, -0.2) is 0 Å². The number of nitrogens with two attached hydrogens (primary N) is 1. The molecule has 1 fully saturated rings. The third-order valence-electron chi connectivity index (χ3n) is 5.42. The highest BCUT2D eigenvalue weighted by Gasteiger charge is 2.27. The third kappa shape index (κ3) is 3.78. The maximum absolute atomic E-state index is 12.2. The SMILES string of the molecule is NCC1CCCCC1NC(=O)C(=O)NCc1cccc2c1CCC2. The minimum Gasteiger partial charge on any atom is -0.345 e. The van der Waals surface area contributed by atoms with Crippen LogP contribution in [0.25, 0.3) is 0 Å². The first-order valence-electron chi connectivity index (χ1n) is 9.07. The summed E-state index contributed by atoms with van der Waals surface area (Å²) in [6.07, 6.45) is 7.52. The first-order chi connectivity index (χ1) is 11.7. The van der Waals surface area contributed by atoms with Crippen LogP contribution in [0, 0.1) is 5.92 Å². The summed E-state index contributed by atoms with van der Waals surface area (Å²) in [4.78, 5) is 24.3. The molecule has 5 heteroatoms. The maximum Gasteiger partial charge on any atom is 0.309 e. The van der Waals surface area contributed by atoms with Crippen LogP contribution in [0.2, 0.25) is 0 Å². The lowest BCUT2D eigenvalue weighted by atomic mass is 9.84. The largest absolute Gasteiger partial charge is 0.345 e. The molecule has 2 atom stereocenters. The number of hydrogen-bond donors (Lipinski definition) is 3. The number of carbonyl (C=O) groups is 2. The molecule has 2 unspecified atom stereocenters. The standard InChI is InChI=1S/C19H27N3O2/c20-11-14-5-1-2-10-17(14)22-19(24)18(23)21-12-15-8-3-6-13-7-4-9-16(13)15/h3,6,8,14,17H,1-2,4-5,7,9-12,20H2,(H,21,23)(H,22,24). The van der Waals surface area contributed by atoms with E-state index in [-0.39, 0.29) is 12.0 Å². The van der Waals surface area contributed by atoms with E-state index in [2.05, 4.69) is 16.7 Å². The van der Waals surface area contributed by atoms with Gasteiger partial charge in [-0.05, 0) is 61.3 Å². The summed E-state index contributed by atoms with van der Waals surface area (Å²) in [5.74, 6) is -0.798. The van der Waals surface area contributed by atoms with E-state index >= 15 is 0 Å². The van der Waals surface area contributed by atoms with E-state index in [1.807, 2.05) is 12.1 Å². The highest BCUT2D eigenvalue weighted by atomic mass is 16.2. The van der Waals surface area contributed by atoms with E-state index in [4.69, 9.17) is 5.73 Å². The van der Waals surface area contributed by atoms with Crippen LogP contribution < -0.4 is 16.4 Å². The molecular weight excluding hydrogens is 302 g/mol. The molecule has 0 bridgehead atoms. The van der Waals surface area contributed by atoms with Gasteiger partial charge in [0, 0.05) is 12.6 Å². The van der Waals surface area contributed by atoms with Crippen molar-refractivity contribution in [3.63, 3.8) is 0 Å².